The Morgan fingerprint density at radius 1 is 1.27 bits per heavy atom. The fraction of sp³-hybridized carbons (Fsp3) is 0.412. The zero-order valence-electron chi connectivity index (χ0n) is 12.6. The van der Waals surface area contributed by atoms with E-state index >= 15 is 0 Å². The van der Waals surface area contributed by atoms with Crippen molar-refractivity contribution in [3.63, 3.8) is 0 Å². The summed E-state index contributed by atoms with van der Waals surface area (Å²) in [6.45, 7) is 3.03. The highest BCUT2D eigenvalue weighted by atomic mass is 16.4. The molecule has 3 rings (SSSR count). The van der Waals surface area contributed by atoms with Gasteiger partial charge in [0.2, 0.25) is 5.91 Å². The molecular formula is C17H20N2O3. The molecule has 1 aliphatic carbocycles. The molecular weight excluding hydrogens is 280 g/mol. The summed E-state index contributed by atoms with van der Waals surface area (Å²) in [5.41, 5.74) is 2.12. The number of rotatable bonds is 5. The first kappa shape index (κ1) is 14.6. The maximum atomic E-state index is 12.6. The van der Waals surface area contributed by atoms with Gasteiger partial charge >= 0.3 is 5.97 Å². The Kier molecular flexibility index (Phi) is 3.88. The first-order valence-corrected chi connectivity index (χ1v) is 7.68. The summed E-state index contributed by atoms with van der Waals surface area (Å²) in [7, 11) is 0. The number of carboxylic acids is 1. The average Bonchev–Trinajstić information content (AvgIpc) is 2.86. The molecule has 5 heteroatoms. The number of fused-ring (bicyclic) bond motifs is 1. The van der Waals surface area contributed by atoms with E-state index < -0.39 is 11.9 Å². The van der Waals surface area contributed by atoms with E-state index in [2.05, 4.69) is 4.98 Å². The lowest BCUT2D eigenvalue weighted by atomic mass is 9.73. The summed E-state index contributed by atoms with van der Waals surface area (Å²) in [4.78, 5) is 28.7. The molecule has 2 atom stereocenters. The van der Waals surface area contributed by atoms with Crippen molar-refractivity contribution >= 4 is 22.8 Å². The number of para-hydroxylation sites is 1. The van der Waals surface area contributed by atoms with E-state index in [0.29, 0.717) is 25.9 Å². The van der Waals surface area contributed by atoms with E-state index in [4.69, 9.17) is 5.11 Å². The molecule has 1 fully saturated rings. The summed E-state index contributed by atoms with van der Waals surface area (Å²) in [5.74, 6) is -1.76. The van der Waals surface area contributed by atoms with Gasteiger partial charge in [0.1, 0.15) is 0 Å². The van der Waals surface area contributed by atoms with Crippen LogP contribution in [0.25, 0.3) is 10.9 Å². The van der Waals surface area contributed by atoms with Crippen molar-refractivity contribution in [2.75, 3.05) is 6.54 Å². The SMILES string of the molecule is CCN(Cc1c[nH]c2ccccc12)C(=O)C1CCC1C(=O)O. The van der Waals surface area contributed by atoms with Crippen LogP contribution in [0.1, 0.15) is 25.3 Å². The van der Waals surface area contributed by atoms with Crippen molar-refractivity contribution < 1.29 is 14.7 Å². The van der Waals surface area contributed by atoms with Gasteiger partial charge in [-0.3, -0.25) is 9.59 Å². The zero-order chi connectivity index (χ0) is 15.7. The molecule has 0 spiro atoms. The van der Waals surface area contributed by atoms with Crippen molar-refractivity contribution in [3.8, 4) is 0 Å². The van der Waals surface area contributed by atoms with Gasteiger partial charge in [-0.05, 0) is 31.4 Å². The van der Waals surface area contributed by atoms with Crippen LogP contribution in [0.15, 0.2) is 30.5 Å². The third-order valence-electron chi connectivity index (χ3n) is 4.64. The minimum Gasteiger partial charge on any atom is -0.481 e. The van der Waals surface area contributed by atoms with Crippen LogP contribution in [0.3, 0.4) is 0 Å². The van der Waals surface area contributed by atoms with E-state index in [1.54, 1.807) is 4.90 Å². The second-order valence-corrected chi connectivity index (χ2v) is 5.84. The lowest BCUT2D eigenvalue weighted by Crippen LogP contribution is -2.45. The number of carbonyl (C=O) groups excluding carboxylic acids is 1. The Hall–Kier alpha value is -2.30. The molecule has 0 saturated heterocycles. The summed E-state index contributed by atoms with van der Waals surface area (Å²) in [5, 5.41) is 10.2. The molecule has 5 nitrogen and oxygen atoms in total. The Bertz CT molecular complexity index is 707. The normalized spacial score (nSPS) is 20.6. The molecule has 1 aromatic heterocycles. The molecule has 1 amide bonds. The molecule has 1 aromatic carbocycles. The molecule has 0 radical (unpaired) electrons. The van der Waals surface area contributed by atoms with Gasteiger partial charge in [-0.1, -0.05) is 18.2 Å². The summed E-state index contributed by atoms with van der Waals surface area (Å²) in [6, 6.07) is 7.98. The van der Waals surface area contributed by atoms with Crippen molar-refractivity contribution in [3.05, 3.63) is 36.0 Å². The minimum absolute atomic E-state index is 0.0357. The first-order valence-electron chi connectivity index (χ1n) is 7.68. The number of hydrogen-bond donors (Lipinski definition) is 2. The number of H-pyrrole nitrogens is 1. The van der Waals surface area contributed by atoms with Crippen LogP contribution in [0.5, 0.6) is 0 Å². The molecule has 0 bridgehead atoms. The fourth-order valence-electron chi connectivity index (χ4n) is 3.14. The van der Waals surface area contributed by atoms with Gasteiger partial charge in [0, 0.05) is 30.2 Å². The van der Waals surface area contributed by atoms with Gasteiger partial charge in [0.25, 0.3) is 0 Å². The molecule has 1 heterocycles. The Labute approximate surface area is 128 Å². The quantitative estimate of drug-likeness (QED) is 0.891. The Morgan fingerprint density at radius 2 is 2.00 bits per heavy atom. The summed E-state index contributed by atoms with van der Waals surface area (Å²) < 4.78 is 0. The van der Waals surface area contributed by atoms with E-state index in [9.17, 15) is 9.59 Å². The van der Waals surface area contributed by atoms with Gasteiger partial charge < -0.3 is 15.0 Å². The predicted molar refractivity (Wildman–Crippen MR) is 83.2 cm³/mol. The first-order chi connectivity index (χ1) is 10.6. The van der Waals surface area contributed by atoms with E-state index in [-0.39, 0.29) is 11.8 Å². The van der Waals surface area contributed by atoms with Crippen LogP contribution in [0.2, 0.25) is 0 Å². The molecule has 22 heavy (non-hydrogen) atoms. The smallest absolute Gasteiger partial charge is 0.307 e. The maximum absolute atomic E-state index is 12.6. The zero-order valence-corrected chi connectivity index (χ0v) is 12.6. The number of aliphatic carboxylic acids is 1. The number of hydrogen-bond acceptors (Lipinski definition) is 2. The maximum Gasteiger partial charge on any atom is 0.307 e. The van der Waals surface area contributed by atoms with Gasteiger partial charge in [0.05, 0.1) is 11.8 Å². The topological polar surface area (TPSA) is 73.4 Å². The van der Waals surface area contributed by atoms with Crippen molar-refractivity contribution in [1.29, 1.82) is 0 Å². The van der Waals surface area contributed by atoms with Crippen molar-refractivity contribution in [2.24, 2.45) is 11.8 Å². The minimum atomic E-state index is -0.854. The Morgan fingerprint density at radius 3 is 2.64 bits per heavy atom. The molecule has 2 aromatic rings. The molecule has 2 unspecified atom stereocenters. The number of nitrogens with one attached hydrogen (secondary N) is 1. The highest BCUT2D eigenvalue weighted by Gasteiger charge is 2.42. The van der Waals surface area contributed by atoms with Crippen LogP contribution >= 0.6 is 0 Å². The van der Waals surface area contributed by atoms with Gasteiger partial charge in [0.15, 0.2) is 0 Å². The lowest BCUT2D eigenvalue weighted by molar-refractivity contribution is -0.156. The van der Waals surface area contributed by atoms with Crippen molar-refractivity contribution in [2.45, 2.75) is 26.3 Å². The van der Waals surface area contributed by atoms with Crippen LogP contribution < -0.4 is 0 Å². The standard InChI is InChI=1S/C17H20N2O3/c1-2-19(16(20)13-7-8-14(13)17(21)22)10-11-9-18-15-6-4-3-5-12(11)15/h3-6,9,13-14,18H,2,7-8,10H2,1H3,(H,21,22). The van der Waals surface area contributed by atoms with Crippen LogP contribution in [0.4, 0.5) is 0 Å². The number of aromatic amines is 1. The van der Waals surface area contributed by atoms with Gasteiger partial charge in [-0.2, -0.15) is 0 Å². The van der Waals surface area contributed by atoms with Gasteiger partial charge in [-0.15, -0.1) is 0 Å². The number of amides is 1. The summed E-state index contributed by atoms with van der Waals surface area (Å²) in [6.07, 6.45) is 3.21. The van der Waals surface area contributed by atoms with E-state index in [0.717, 1.165) is 16.5 Å². The fourth-order valence-corrected chi connectivity index (χ4v) is 3.14. The molecule has 2 N–H and O–H groups in total. The van der Waals surface area contributed by atoms with Crippen LogP contribution in [-0.4, -0.2) is 33.4 Å². The molecule has 116 valence electrons. The summed E-state index contributed by atoms with van der Waals surface area (Å²) >= 11 is 0. The number of nitrogens with zero attached hydrogens (tertiary/aromatic N) is 1. The van der Waals surface area contributed by atoms with Gasteiger partial charge in [-0.25, -0.2) is 0 Å². The number of carbonyl (C=O) groups is 2. The third-order valence-corrected chi connectivity index (χ3v) is 4.64. The highest BCUT2D eigenvalue weighted by molar-refractivity contribution is 5.87. The second kappa shape index (κ2) is 5.83. The molecule has 1 saturated carbocycles. The predicted octanol–water partition coefficient (Wildman–Crippen LogP) is 2.63. The van der Waals surface area contributed by atoms with E-state index in [1.165, 1.54) is 0 Å². The number of aromatic nitrogens is 1. The van der Waals surface area contributed by atoms with Crippen LogP contribution in [-0.2, 0) is 16.1 Å². The van der Waals surface area contributed by atoms with Crippen LogP contribution in [0, 0.1) is 11.8 Å². The average molecular weight is 300 g/mol. The third kappa shape index (κ3) is 2.47. The molecule has 0 aliphatic heterocycles. The Balaban J connectivity index is 1.77. The monoisotopic (exact) mass is 300 g/mol. The highest BCUT2D eigenvalue weighted by Crippen LogP contribution is 2.36. The number of carboxylic acid groups (broad SMARTS) is 1. The second-order valence-electron chi connectivity index (χ2n) is 5.84. The number of benzene rings is 1. The van der Waals surface area contributed by atoms with E-state index in [1.807, 2.05) is 37.4 Å². The molecule has 1 aliphatic rings. The lowest BCUT2D eigenvalue weighted by Gasteiger charge is -2.36. The largest absolute Gasteiger partial charge is 0.481 e. The van der Waals surface area contributed by atoms with Crippen molar-refractivity contribution in [1.82, 2.24) is 9.88 Å².